The van der Waals surface area contributed by atoms with E-state index in [1.165, 1.54) is 11.1 Å². The van der Waals surface area contributed by atoms with Gasteiger partial charge in [0.2, 0.25) is 5.91 Å². The van der Waals surface area contributed by atoms with Gasteiger partial charge in [-0.3, -0.25) is 4.79 Å². The number of rotatable bonds is 3. The normalized spacial score (nSPS) is 18.6. The molecule has 1 fully saturated rings. The van der Waals surface area contributed by atoms with Crippen molar-refractivity contribution in [1.29, 1.82) is 0 Å². The number of benzene rings is 1. The summed E-state index contributed by atoms with van der Waals surface area (Å²) in [5.41, 5.74) is 3.07. The number of carbonyl (C=O) groups is 1. The Bertz CT molecular complexity index is 806. The van der Waals surface area contributed by atoms with Gasteiger partial charge in [-0.15, -0.1) is 0 Å². The third-order valence-electron chi connectivity index (χ3n) is 5.48. The smallest absolute Gasteiger partial charge is 0.230 e. The minimum Gasteiger partial charge on any atom is -0.497 e. The van der Waals surface area contributed by atoms with Crippen molar-refractivity contribution in [2.24, 2.45) is 0 Å². The Morgan fingerprint density at radius 3 is 2.81 bits per heavy atom. The molecule has 0 saturated carbocycles. The molecule has 138 valence electrons. The van der Waals surface area contributed by atoms with Crippen molar-refractivity contribution in [1.82, 2.24) is 10.1 Å². The molecule has 0 bridgehead atoms. The first-order valence-corrected chi connectivity index (χ1v) is 9.11. The Hall–Kier alpha value is -2.34. The number of ether oxygens (including phenoxy) is 2. The first-order chi connectivity index (χ1) is 12.6. The van der Waals surface area contributed by atoms with Gasteiger partial charge in [-0.2, -0.15) is 0 Å². The minimum absolute atomic E-state index is 0.0850. The number of carbonyl (C=O) groups excluding carboxylic acids is 1. The predicted molar refractivity (Wildman–Crippen MR) is 95.1 cm³/mol. The Balaban J connectivity index is 1.46. The number of fused-ring (bicyclic) bond motifs is 2. The molecule has 0 radical (unpaired) electrons. The van der Waals surface area contributed by atoms with E-state index < -0.39 is 0 Å². The third kappa shape index (κ3) is 3.09. The number of aromatic nitrogens is 1. The highest BCUT2D eigenvalue weighted by Crippen LogP contribution is 2.42. The zero-order valence-corrected chi connectivity index (χ0v) is 15.3. The van der Waals surface area contributed by atoms with Crippen LogP contribution in [-0.4, -0.2) is 42.8 Å². The molecule has 0 atom stereocenters. The minimum atomic E-state index is -0.278. The topological polar surface area (TPSA) is 64.8 Å². The summed E-state index contributed by atoms with van der Waals surface area (Å²) in [7, 11) is 1.69. The van der Waals surface area contributed by atoms with Crippen LogP contribution in [0.15, 0.2) is 28.8 Å². The van der Waals surface area contributed by atoms with Gasteiger partial charge in [-0.25, -0.2) is 0 Å². The monoisotopic (exact) mass is 356 g/mol. The lowest BCUT2D eigenvalue weighted by atomic mass is 9.79. The summed E-state index contributed by atoms with van der Waals surface area (Å²) >= 11 is 0. The molecule has 1 aromatic carbocycles. The maximum atomic E-state index is 12.6. The molecule has 2 aliphatic rings. The molecule has 4 rings (SSSR count). The van der Waals surface area contributed by atoms with E-state index in [-0.39, 0.29) is 17.9 Å². The highest BCUT2D eigenvalue weighted by molar-refractivity contribution is 5.78. The molecule has 6 heteroatoms. The van der Waals surface area contributed by atoms with Crippen LogP contribution in [0.3, 0.4) is 0 Å². The van der Waals surface area contributed by atoms with Gasteiger partial charge in [0.25, 0.3) is 0 Å². The van der Waals surface area contributed by atoms with Gasteiger partial charge in [0, 0.05) is 19.2 Å². The van der Waals surface area contributed by atoms with Crippen LogP contribution in [0, 0.1) is 6.92 Å². The van der Waals surface area contributed by atoms with Crippen LogP contribution >= 0.6 is 0 Å². The summed E-state index contributed by atoms with van der Waals surface area (Å²) < 4.78 is 16.8. The number of aryl methyl sites for hydroxylation is 1. The van der Waals surface area contributed by atoms with Crippen molar-refractivity contribution < 1.29 is 18.8 Å². The largest absolute Gasteiger partial charge is 0.497 e. The highest BCUT2D eigenvalue weighted by atomic mass is 16.5. The van der Waals surface area contributed by atoms with Gasteiger partial charge >= 0.3 is 0 Å². The number of hydrogen-bond donors (Lipinski definition) is 0. The van der Waals surface area contributed by atoms with E-state index in [0.29, 0.717) is 25.5 Å². The Morgan fingerprint density at radius 2 is 2.12 bits per heavy atom. The van der Waals surface area contributed by atoms with E-state index in [4.69, 9.17) is 14.0 Å². The fraction of sp³-hybridized carbons (Fsp3) is 0.500. The van der Waals surface area contributed by atoms with Gasteiger partial charge in [0.15, 0.2) is 0 Å². The fourth-order valence-corrected chi connectivity index (χ4v) is 4.07. The van der Waals surface area contributed by atoms with Crippen LogP contribution in [0.1, 0.15) is 35.4 Å². The Kier molecular flexibility index (Phi) is 4.44. The molecule has 2 aromatic rings. The number of piperidine rings is 1. The lowest BCUT2D eigenvalue weighted by Crippen LogP contribution is -2.48. The van der Waals surface area contributed by atoms with Crippen LogP contribution in [-0.2, 0) is 28.0 Å². The average Bonchev–Trinajstić information content (AvgIpc) is 3.07. The summed E-state index contributed by atoms with van der Waals surface area (Å²) in [4.78, 5) is 14.5. The number of amides is 1. The molecule has 1 saturated heterocycles. The maximum Gasteiger partial charge on any atom is 0.230 e. The molecule has 0 N–H and O–H groups in total. The molecule has 2 aliphatic heterocycles. The van der Waals surface area contributed by atoms with E-state index in [1.54, 1.807) is 7.11 Å². The average molecular weight is 356 g/mol. The quantitative estimate of drug-likeness (QED) is 0.846. The SMILES string of the molecule is COc1ccc2c(c1)CCOC21CCN(C(=O)Cc2cc(C)no2)CC1. The third-order valence-corrected chi connectivity index (χ3v) is 5.48. The van der Waals surface area contributed by atoms with Crippen molar-refractivity contribution in [2.75, 3.05) is 26.8 Å². The van der Waals surface area contributed by atoms with Crippen LogP contribution in [0.2, 0.25) is 0 Å². The molecule has 26 heavy (non-hydrogen) atoms. The second-order valence-electron chi connectivity index (χ2n) is 7.11. The van der Waals surface area contributed by atoms with Gasteiger partial charge in [-0.1, -0.05) is 11.2 Å². The summed E-state index contributed by atoms with van der Waals surface area (Å²) in [5.74, 6) is 1.59. The van der Waals surface area contributed by atoms with Crippen molar-refractivity contribution in [3.05, 3.63) is 46.8 Å². The molecule has 0 unspecified atom stereocenters. The van der Waals surface area contributed by atoms with E-state index in [2.05, 4.69) is 17.3 Å². The Labute approximate surface area is 153 Å². The lowest BCUT2D eigenvalue weighted by molar-refractivity contribution is -0.140. The second-order valence-corrected chi connectivity index (χ2v) is 7.11. The lowest BCUT2D eigenvalue weighted by Gasteiger charge is -2.45. The van der Waals surface area contributed by atoms with Crippen LogP contribution in [0.25, 0.3) is 0 Å². The van der Waals surface area contributed by atoms with E-state index in [1.807, 2.05) is 24.0 Å². The standard InChI is InChI=1S/C20H24N2O4/c1-14-11-17(26-21-14)13-19(23)22-8-6-20(7-9-22)18-4-3-16(24-2)12-15(18)5-10-25-20/h3-4,11-12H,5-10,13H2,1-2H3. The number of likely N-dealkylation sites (tertiary alicyclic amines) is 1. The Morgan fingerprint density at radius 1 is 1.31 bits per heavy atom. The van der Waals surface area contributed by atoms with Crippen molar-refractivity contribution in [3.8, 4) is 5.75 Å². The summed E-state index contributed by atoms with van der Waals surface area (Å²) in [6.07, 6.45) is 2.80. The zero-order valence-electron chi connectivity index (χ0n) is 15.3. The van der Waals surface area contributed by atoms with Gasteiger partial charge in [0.05, 0.1) is 31.4 Å². The highest BCUT2D eigenvalue weighted by Gasteiger charge is 2.41. The molecule has 0 aliphatic carbocycles. The number of methoxy groups -OCH3 is 1. The van der Waals surface area contributed by atoms with E-state index in [9.17, 15) is 4.79 Å². The molecule has 1 aromatic heterocycles. The van der Waals surface area contributed by atoms with Crippen LogP contribution < -0.4 is 4.74 Å². The van der Waals surface area contributed by atoms with Gasteiger partial charge in [-0.05, 0) is 49.4 Å². The van der Waals surface area contributed by atoms with Gasteiger partial charge in [0.1, 0.15) is 11.5 Å². The van der Waals surface area contributed by atoms with Crippen molar-refractivity contribution in [3.63, 3.8) is 0 Å². The molecular weight excluding hydrogens is 332 g/mol. The summed E-state index contributed by atoms with van der Waals surface area (Å²) in [5, 5.41) is 3.85. The van der Waals surface area contributed by atoms with Crippen LogP contribution in [0.5, 0.6) is 5.75 Å². The maximum absolute atomic E-state index is 12.6. The predicted octanol–water partition coefficient (Wildman–Crippen LogP) is 2.62. The summed E-state index contributed by atoms with van der Waals surface area (Å²) in [6, 6.07) is 8.06. The molecule has 1 amide bonds. The molecule has 3 heterocycles. The molecule has 1 spiro atoms. The fourth-order valence-electron chi connectivity index (χ4n) is 4.07. The van der Waals surface area contributed by atoms with E-state index >= 15 is 0 Å². The van der Waals surface area contributed by atoms with Crippen LogP contribution in [0.4, 0.5) is 0 Å². The van der Waals surface area contributed by atoms with E-state index in [0.717, 1.165) is 30.7 Å². The number of hydrogen-bond acceptors (Lipinski definition) is 5. The van der Waals surface area contributed by atoms with Crippen molar-refractivity contribution in [2.45, 2.75) is 38.2 Å². The molecular formula is C20H24N2O4. The second kappa shape index (κ2) is 6.76. The molecule has 6 nitrogen and oxygen atoms in total. The van der Waals surface area contributed by atoms with Gasteiger partial charge < -0.3 is 18.9 Å². The first kappa shape index (κ1) is 17.1. The van der Waals surface area contributed by atoms with Crippen molar-refractivity contribution >= 4 is 5.91 Å². The summed E-state index contributed by atoms with van der Waals surface area (Å²) in [6.45, 7) is 3.95. The zero-order chi connectivity index (χ0) is 18.1. The first-order valence-electron chi connectivity index (χ1n) is 9.11. The number of nitrogens with zero attached hydrogens (tertiary/aromatic N) is 2.